The van der Waals surface area contributed by atoms with Gasteiger partial charge in [0, 0.05) is 36.9 Å². The van der Waals surface area contributed by atoms with E-state index in [9.17, 15) is 13.2 Å². The molecule has 0 spiro atoms. The number of hydrogen-bond acceptors (Lipinski definition) is 7. The maximum Gasteiger partial charge on any atom is 0.316 e. The van der Waals surface area contributed by atoms with Gasteiger partial charge in [-0.2, -0.15) is 14.1 Å². The molecular weight excluding hydrogens is 514 g/mol. The lowest BCUT2D eigenvalue weighted by Crippen LogP contribution is -2.49. The molecule has 0 unspecified atom stereocenters. The molecule has 0 aliphatic carbocycles. The van der Waals surface area contributed by atoms with Crippen LogP contribution in [0.15, 0.2) is 59.5 Å². The molecule has 3 aromatic rings. The van der Waals surface area contributed by atoms with Crippen molar-refractivity contribution in [3.63, 3.8) is 0 Å². The van der Waals surface area contributed by atoms with E-state index in [0.29, 0.717) is 47.3 Å². The number of nitrogens with zero attached hydrogens (tertiary/aromatic N) is 4. The lowest BCUT2D eigenvalue weighted by Gasteiger charge is -2.36. The van der Waals surface area contributed by atoms with E-state index < -0.39 is 15.6 Å². The summed E-state index contributed by atoms with van der Waals surface area (Å²) in [5.74, 6) is 0.0656. The Kier molecular flexibility index (Phi) is 7.82. The molecule has 1 fully saturated rings. The average Bonchev–Trinajstić information content (AvgIpc) is 2.82. The molecule has 2 N–H and O–H groups in total. The first-order chi connectivity index (χ1) is 17.4. The Morgan fingerprint density at radius 3 is 2.41 bits per heavy atom. The standard InChI is InChI=1S/C26H32ClN5O4S/c1-26(2,3)18-36-24-23(16-29-32(25(24)33)22-9-5-7-20(27)15-22)30-10-12-31(13-11-30)37(34,35)17-19-6-4-8-21(28)14-19/h4-9,14-16H,10-13,17-18,28H2,1-3H3. The first kappa shape index (κ1) is 27.0. The molecule has 0 radical (unpaired) electrons. The van der Waals surface area contributed by atoms with Crippen LogP contribution in [0.2, 0.25) is 5.02 Å². The second kappa shape index (κ2) is 10.7. The minimum absolute atomic E-state index is 0.116. The van der Waals surface area contributed by atoms with E-state index in [2.05, 4.69) is 5.10 Å². The summed E-state index contributed by atoms with van der Waals surface area (Å²) in [6.45, 7) is 7.73. The van der Waals surface area contributed by atoms with E-state index >= 15 is 0 Å². The Bertz CT molecular complexity index is 1430. The van der Waals surface area contributed by atoms with Gasteiger partial charge in [0.25, 0.3) is 0 Å². The zero-order valence-electron chi connectivity index (χ0n) is 21.2. The summed E-state index contributed by atoms with van der Waals surface area (Å²) >= 11 is 6.13. The van der Waals surface area contributed by atoms with E-state index in [-0.39, 0.29) is 30.0 Å². The van der Waals surface area contributed by atoms with Gasteiger partial charge in [0.2, 0.25) is 15.8 Å². The van der Waals surface area contributed by atoms with Crippen LogP contribution in [-0.2, 0) is 15.8 Å². The van der Waals surface area contributed by atoms with E-state index in [1.54, 1.807) is 54.7 Å². The molecule has 4 rings (SSSR count). The van der Waals surface area contributed by atoms with Gasteiger partial charge in [-0.25, -0.2) is 8.42 Å². The van der Waals surface area contributed by atoms with E-state index in [1.807, 2.05) is 25.7 Å². The summed E-state index contributed by atoms with van der Waals surface area (Å²) in [4.78, 5) is 15.5. The summed E-state index contributed by atoms with van der Waals surface area (Å²) in [6, 6.07) is 13.8. The predicted molar refractivity (Wildman–Crippen MR) is 147 cm³/mol. The van der Waals surface area contributed by atoms with Gasteiger partial charge >= 0.3 is 5.56 Å². The Hall–Kier alpha value is -3.08. The van der Waals surface area contributed by atoms with Gasteiger partial charge in [0.15, 0.2) is 0 Å². The highest BCUT2D eigenvalue weighted by Crippen LogP contribution is 2.28. The Morgan fingerprint density at radius 2 is 1.76 bits per heavy atom. The molecule has 198 valence electrons. The number of nitrogens with two attached hydrogens (primary N) is 1. The average molecular weight is 546 g/mol. The molecular formula is C26H32ClN5O4S. The van der Waals surface area contributed by atoms with Crippen LogP contribution in [0.4, 0.5) is 11.4 Å². The van der Waals surface area contributed by atoms with Crippen molar-refractivity contribution < 1.29 is 13.2 Å². The third-order valence-electron chi connectivity index (χ3n) is 5.89. The summed E-state index contributed by atoms with van der Waals surface area (Å²) < 4.78 is 34.9. The Balaban J connectivity index is 1.57. The highest BCUT2D eigenvalue weighted by molar-refractivity contribution is 7.88. The lowest BCUT2D eigenvalue weighted by atomic mass is 9.99. The summed E-state index contributed by atoms with van der Waals surface area (Å²) in [6.07, 6.45) is 1.59. The molecule has 11 heteroatoms. The molecule has 0 bridgehead atoms. The zero-order valence-corrected chi connectivity index (χ0v) is 22.8. The normalized spacial score (nSPS) is 15.1. The van der Waals surface area contributed by atoms with E-state index in [4.69, 9.17) is 22.1 Å². The maximum absolute atomic E-state index is 13.5. The second-order valence-electron chi connectivity index (χ2n) is 10.3. The van der Waals surface area contributed by atoms with Crippen LogP contribution in [0, 0.1) is 5.41 Å². The summed E-state index contributed by atoms with van der Waals surface area (Å²) in [7, 11) is -3.53. The number of halogens is 1. The summed E-state index contributed by atoms with van der Waals surface area (Å²) in [5.41, 5.74) is 7.47. The molecule has 1 saturated heterocycles. The number of sulfonamides is 1. The third-order valence-corrected chi connectivity index (χ3v) is 7.98. The molecule has 0 saturated carbocycles. The number of ether oxygens (including phenoxy) is 1. The fourth-order valence-electron chi connectivity index (χ4n) is 4.06. The van der Waals surface area contributed by atoms with Crippen molar-refractivity contribution >= 4 is 33.0 Å². The van der Waals surface area contributed by atoms with Crippen LogP contribution in [0.3, 0.4) is 0 Å². The Labute approximate surface area is 222 Å². The monoisotopic (exact) mass is 545 g/mol. The SMILES string of the molecule is CC(C)(C)COc1c(N2CCN(S(=O)(=O)Cc3cccc(N)c3)CC2)cnn(-c2cccc(Cl)c2)c1=O. The zero-order chi connectivity index (χ0) is 26.8. The van der Waals surface area contributed by atoms with Crippen LogP contribution in [0.25, 0.3) is 5.69 Å². The second-order valence-corrected chi connectivity index (χ2v) is 12.7. The van der Waals surface area contributed by atoms with Crippen molar-refractivity contribution in [2.24, 2.45) is 5.41 Å². The van der Waals surface area contributed by atoms with Gasteiger partial charge in [0.05, 0.1) is 24.2 Å². The minimum atomic E-state index is -3.53. The van der Waals surface area contributed by atoms with Crippen LogP contribution in [0.1, 0.15) is 26.3 Å². The van der Waals surface area contributed by atoms with Gasteiger partial charge in [-0.15, -0.1) is 0 Å². The quantitative estimate of drug-likeness (QED) is 0.452. The molecule has 0 atom stereocenters. The van der Waals surface area contributed by atoms with Crippen molar-refractivity contribution in [3.05, 3.63) is 75.7 Å². The molecule has 2 heterocycles. The Morgan fingerprint density at radius 1 is 1.05 bits per heavy atom. The topological polar surface area (TPSA) is 111 Å². The number of anilines is 2. The summed E-state index contributed by atoms with van der Waals surface area (Å²) in [5, 5.41) is 4.87. The van der Waals surface area contributed by atoms with Gasteiger partial charge in [-0.1, -0.05) is 50.6 Å². The van der Waals surface area contributed by atoms with Crippen molar-refractivity contribution in [2.75, 3.05) is 43.4 Å². The van der Waals surface area contributed by atoms with E-state index in [0.717, 1.165) is 0 Å². The maximum atomic E-state index is 13.5. The van der Waals surface area contributed by atoms with Crippen molar-refractivity contribution in [3.8, 4) is 11.4 Å². The van der Waals surface area contributed by atoms with Crippen LogP contribution >= 0.6 is 11.6 Å². The number of aromatic nitrogens is 2. The van der Waals surface area contributed by atoms with Gasteiger partial charge in [-0.05, 0) is 41.3 Å². The lowest BCUT2D eigenvalue weighted by molar-refractivity contribution is 0.195. The predicted octanol–water partition coefficient (Wildman–Crippen LogP) is 3.55. The van der Waals surface area contributed by atoms with Crippen molar-refractivity contribution in [1.29, 1.82) is 0 Å². The fourth-order valence-corrected chi connectivity index (χ4v) is 5.75. The number of nitrogen functional groups attached to an aromatic ring is 1. The molecule has 9 nitrogen and oxygen atoms in total. The van der Waals surface area contributed by atoms with Crippen molar-refractivity contribution in [2.45, 2.75) is 26.5 Å². The molecule has 2 aromatic carbocycles. The van der Waals surface area contributed by atoms with Gasteiger partial charge in [0.1, 0.15) is 5.69 Å². The third kappa shape index (κ3) is 6.63. The minimum Gasteiger partial charge on any atom is -0.486 e. The van der Waals surface area contributed by atoms with Crippen LogP contribution in [-0.4, -0.2) is 55.3 Å². The number of rotatable bonds is 7. The molecule has 1 aliphatic heterocycles. The smallest absolute Gasteiger partial charge is 0.316 e. The number of piperazine rings is 1. The molecule has 37 heavy (non-hydrogen) atoms. The fraction of sp³-hybridized carbons (Fsp3) is 0.385. The molecule has 1 aliphatic rings. The van der Waals surface area contributed by atoms with Crippen LogP contribution in [0.5, 0.6) is 5.75 Å². The van der Waals surface area contributed by atoms with E-state index in [1.165, 1.54) is 8.99 Å². The highest BCUT2D eigenvalue weighted by Gasteiger charge is 2.30. The number of hydrogen-bond donors (Lipinski definition) is 1. The largest absolute Gasteiger partial charge is 0.486 e. The van der Waals surface area contributed by atoms with Gasteiger partial charge < -0.3 is 15.4 Å². The molecule has 1 aromatic heterocycles. The highest BCUT2D eigenvalue weighted by atomic mass is 35.5. The van der Waals surface area contributed by atoms with Crippen LogP contribution < -0.4 is 20.9 Å². The first-order valence-electron chi connectivity index (χ1n) is 12.0. The number of benzene rings is 2. The van der Waals surface area contributed by atoms with Gasteiger partial charge in [-0.3, -0.25) is 4.79 Å². The first-order valence-corrected chi connectivity index (χ1v) is 14.0. The molecule has 0 amide bonds. The van der Waals surface area contributed by atoms with Crippen molar-refractivity contribution in [1.82, 2.24) is 14.1 Å².